The topological polar surface area (TPSA) is 84.9 Å². The first-order valence-corrected chi connectivity index (χ1v) is 10.2. The second-order valence-electron chi connectivity index (χ2n) is 6.41. The summed E-state index contributed by atoms with van der Waals surface area (Å²) in [6, 6.07) is 4.80. The number of nitrogens with one attached hydrogen (secondary N) is 1. The quantitative estimate of drug-likeness (QED) is 0.789. The van der Waals surface area contributed by atoms with Gasteiger partial charge in [-0.1, -0.05) is 0 Å². The summed E-state index contributed by atoms with van der Waals surface area (Å²) in [6.45, 7) is 4.62. The van der Waals surface area contributed by atoms with Crippen LogP contribution in [0.2, 0.25) is 0 Å². The van der Waals surface area contributed by atoms with Crippen LogP contribution < -0.4 is 14.8 Å². The third kappa shape index (κ3) is 5.09. The SMILES string of the molecule is COc1cc(C(=O)NC[C@H]2CCCN2S(C)(=O)=O)ccc1OC(C)C. The zero-order valence-corrected chi connectivity index (χ0v) is 15.9. The Hall–Kier alpha value is -1.80. The number of amides is 1. The molecule has 1 N–H and O–H groups in total. The smallest absolute Gasteiger partial charge is 0.251 e. The lowest BCUT2D eigenvalue weighted by Crippen LogP contribution is -2.42. The highest BCUT2D eigenvalue weighted by molar-refractivity contribution is 7.88. The van der Waals surface area contributed by atoms with Crippen LogP contribution in [0, 0.1) is 0 Å². The molecule has 1 saturated heterocycles. The lowest BCUT2D eigenvalue weighted by molar-refractivity contribution is 0.0946. The van der Waals surface area contributed by atoms with Crippen LogP contribution in [-0.2, 0) is 10.0 Å². The summed E-state index contributed by atoms with van der Waals surface area (Å²) in [5.74, 6) is 0.794. The van der Waals surface area contributed by atoms with Crippen molar-refractivity contribution >= 4 is 15.9 Å². The van der Waals surface area contributed by atoms with Gasteiger partial charge in [0, 0.05) is 24.7 Å². The van der Waals surface area contributed by atoms with Gasteiger partial charge in [-0.25, -0.2) is 8.42 Å². The molecule has 0 bridgehead atoms. The maximum Gasteiger partial charge on any atom is 0.251 e. The number of carbonyl (C=O) groups excluding carboxylic acids is 1. The molecule has 0 spiro atoms. The van der Waals surface area contributed by atoms with Crippen LogP contribution in [0.25, 0.3) is 0 Å². The number of nitrogens with zero attached hydrogens (tertiary/aromatic N) is 1. The molecule has 0 radical (unpaired) electrons. The summed E-state index contributed by atoms with van der Waals surface area (Å²) in [5, 5.41) is 2.81. The van der Waals surface area contributed by atoms with Crippen LogP contribution in [0.5, 0.6) is 11.5 Å². The van der Waals surface area contributed by atoms with E-state index >= 15 is 0 Å². The van der Waals surface area contributed by atoms with Gasteiger partial charge >= 0.3 is 0 Å². The van der Waals surface area contributed by atoms with E-state index in [9.17, 15) is 13.2 Å². The minimum atomic E-state index is -3.25. The molecule has 7 nitrogen and oxygen atoms in total. The van der Waals surface area contributed by atoms with Gasteiger partial charge in [-0.2, -0.15) is 4.31 Å². The van der Waals surface area contributed by atoms with Crippen molar-refractivity contribution in [1.82, 2.24) is 9.62 Å². The molecule has 1 aromatic carbocycles. The average molecular weight is 370 g/mol. The fourth-order valence-corrected chi connectivity index (χ4v) is 4.10. The normalized spacial score (nSPS) is 18.4. The molecule has 2 rings (SSSR count). The monoisotopic (exact) mass is 370 g/mol. The molecule has 1 heterocycles. The molecule has 140 valence electrons. The molecule has 0 unspecified atom stereocenters. The van der Waals surface area contributed by atoms with Crippen molar-refractivity contribution in [1.29, 1.82) is 0 Å². The Morgan fingerprint density at radius 1 is 1.36 bits per heavy atom. The van der Waals surface area contributed by atoms with Crippen LogP contribution in [0.1, 0.15) is 37.0 Å². The summed E-state index contributed by atoms with van der Waals surface area (Å²) in [5.41, 5.74) is 0.442. The van der Waals surface area contributed by atoms with Crippen molar-refractivity contribution in [2.75, 3.05) is 26.5 Å². The van der Waals surface area contributed by atoms with Crippen molar-refractivity contribution in [2.45, 2.75) is 38.8 Å². The van der Waals surface area contributed by atoms with Crippen molar-refractivity contribution in [2.24, 2.45) is 0 Å². The maximum absolute atomic E-state index is 12.4. The van der Waals surface area contributed by atoms with E-state index in [0.717, 1.165) is 12.8 Å². The third-order valence-electron chi connectivity index (χ3n) is 4.04. The predicted octanol–water partition coefficient (Wildman–Crippen LogP) is 1.64. The zero-order valence-electron chi connectivity index (χ0n) is 15.1. The van der Waals surface area contributed by atoms with E-state index in [1.807, 2.05) is 13.8 Å². The Kier molecular flexibility index (Phi) is 6.29. The predicted molar refractivity (Wildman–Crippen MR) is 95.7 cm³/mol. The van der Waals surface area contributed by atoms with E-state index in [0.29, 0.717) is 30.2 Å². The van der Waals surface area contributed by atoms with Crippen LogP contribution in [0.3, 0.4) is 0 Å². The number of sulfonamides is 1. The summed E-state index contributed by atoms with van der Waals surface area (Å²) < 4.78 is 35.9. The molecule has 1 amide bonds. The van der Waals surface area contributed by atoms with Gasteiger partial charge in [0.25, 0.3) is 5.91 Å². The standard InChI is InChI=1S/C17H26N2O5S/c1-12(2)24-15-8-7-13(10-16(15)23-3)17(20)18-11-14-6-5-9-19(14)25(4,21)22/h7-8,10,12,14H,5-6,9,11H2,1-4H3,(H,18,20)/t14-/m1/s1. The van der Waals surface area contributed by atoms with Crippen LogP contribution in [0.15, 0.2) is 18.2 Å². The van der Waals surface area contributed by atoms with Crippen molar-refractivity contribution < 1.29 is 22.7 Å². The molecule has 1 aliphatic heterocycles. The number of ether oxygens (including phenoxy) is 2. The maximum atomic E-state index is 12.4. The number of methoxy groups -OCH3 is 1. The molecule has 8 heteroatoms. The molecule has 1 aromatic rings. The van der Waals surface area contributed by atoms with Crippen molar-refractivity contribution in [3.05, 3.63) is 23.8 Å². The number of hydrogen-bond donors (Lipinski definition) is 1. The molecular weight excluding hydrogens is 344 g/mol. The average Bonchev–Trinajstić information content (AvgIpc) is 3.01. The van der Waals surface area contributed by atoms with E-state index < -0.39 is 10.0 Å². The summed E-state index contributed by atoms with van der Waals surface area (Å²) in [6.07, 6.45) is 2.75. The van der Waals surface area contributed by atoms with Gasteiger partial charge in [0.2, 0.25) is 10.0 Å². The summed E-state index contributed by atoms with van der Waals surface area (Å²) >= 11 is 0. The highest BCUT2D eigenvalue weighted by Gasteiger charge is 2.31. The second-order valence-corrected chi connectivity index (χ2v) is 8.35. The zero-order chi connectivity index (χ0) is 18.6. The van der Waals surface area contributed by atoms with Crippen LogP contribution >= 0.6 is 0 Å². The molecule has 0 aliphatic carbocycles. The lowest BCUT2D eigenvalue weighted by Gasteiger charge is -2.22. The Morgan fingerprint density at radius 3 is 2.68 bits per heavy atom. The molecule has 25 heavy (non-hydrogen) atoms. The Balaban J connectivity index is 2.03. The number of carbonyl (C=O) groups is 1. The number of benzene rings is 1. The molecule has 0 saturated carbocycles. The summed E-state index contributed by atoms with van der Waals surface area (Å²) in [4.78, 5) is 12.4. The van der Waals surface area contributed by atoms with Gasteiger partial charge in [-0.3, -0.25) is 4.79 Å². The van der Waals surface area contributed by atoms with E-state index in [1.165, 1.54) is 17.7 Å². The van der Waals surface area contributed by atoms with Crippen molar-refractivity contribution in [3.63, 3.8) is 0 Å². The first kappa shape index (κ1) is 19.5. The first-order chi connectivity index (χ1) is 11.7. The molecule has 1 fully saturated rings. The largest absolute Gasteiger partial charge is 0.493 e. The Labute approximate surface area is 149 Å². The van der Waals surface area contributed by atoms with Crippen LogP contribution in [-0.4, -0.2) is 57.2 Å². The van der Waals surface area contributed by atoms with E-state index in [1.54, 1.807) is 18.2 Å². The van der Waals surface area contributed by atoms with Gasteiger partial charge < -0.3 is 14.8 Å². The van der Waals surface area contributed by atoms with E-state index in [4.69, 9.17) is 9.47 Å². The molecular formula is C17H26N2O5S. The molecule has 1 aliphatic rings. The minimum Gasteiger partial charge on any atom is -0.493 e. The van der Waals surface area contributed by atoms with Gasteiger partial charge in [-0.15, -0.1) is 0 Å². The lowest BCUT2D eigenvalue weighted by atomic mass is 10.1. The summed E-state index contributed by atoms with van der Waals surface area (Å²) in [7, 11) is -1.73. The Bertz CT molecular complexity index is 718. The van der Waals surface area contributed by atoms with Gasteiger partial charge in [0.1, 0.15) is 0 Å². The second kappa shape index (κ2) is 8.05. The van der Waals surface area contributed by atoms with Gasteiger partial charge in [0.15, 0.2) is 11.5 Å². The van der Waals surface area contributed by atoms with Crippen LogP contribution in [0.4, 0.5) is 0 Å². The van der Waals surface area contributed by atoms with Gasteiger partial charge in [0.05, 0.1) is 19.5 Å². The van der Waals surface area contributed by atoms with E-state index in [-0.39, 0.29) is 18.1 Å². The van der Waals surface area contributed by atoms with Crippen molar-refractivity contribution in [3.8, 4) is 11.5 Å². The minimum absolute atomic E-state index is 0.00193. The molecule has 0 aromatic heterocycles. The van der Waals surface area contributed by atoms with E-state index in [2.05, 4.69) is 5.32 Å². The fourth-order valence-electron chi connectivity index (χ4n) is 2.92. The fraction of sp³-hybridized carbons (Fsp3) is 0.588. The van der Waals surface area contributed by atoms with Gasteiger partial charge in [-0.05, 0) is 44.9 Å². The highest BCUT2D eigenvalue weighted by Crippen LogP contribution is 2.29. The highest BCUT2D eigenvalue weighted by atomic mass is 32.2. The number of hydrogen-bond acceptors (Lipinski definition) is 5. The third-order valence-corrected chi connectivity index (χ3v) is 5.37. The first-order valence-electron chi connectivity index (χ1n) is 8.32. The Morgan fingerprint density at radius 2 is 2.08 bits per heavy atom. The molecule has 1 atom stereocenters. The number of rotatable bonds is 7.